The number of pyridine rings is 2. The molecular weight excluding hydrogens is 365 g/mol. The Bertz CT molecular complexity index is 1240. The maximum absolute atomic E-state index is 14.1. The van der Waals surface area contributed by atoms with Gasteiger partial charge in [-0.1, -0.05) is 0 Å². The second-order valence-corrected chi connectivity index (χ2v) is 6.86. The Labute approximate surface area is 158 Å². The van der Waals surface area contributed by atoms with Gasteiger partial charge in [0.1, 0.15) is 11.5 Å². The molecule has 0 saturated carbocycles. The summed E-state index contributed by atoms with van der Waals surface area (Å²) in [4.78, 5) is 26.7. The summed E-state index contributed by atoms with van der Waals surface area (Å²) >= 11 is 0. The highest BCUT2D eigenvalue weighted by Gasteiger charge is 2.19. The monoisotopic (exact) mass is 383 g/mol. The average Bonchev–Trinajstić information content (AvgIpc) is 3.23. The fourth-order valence-corrected chi connectivity index (χ4v) is 3.71. The topological polar surface area (TPSA) is 97.8 Å². The average molecular weight is 383 g/mol. The summed E-state index contributed by atoms with van der Waals surface area (Å²) in [6.07, 6.45) is 4.45. The highest BCUT2D eigenvalue weighted by atomic mass is 19.1. The summed E-state index contributed by atoms with van der Waals surface area (Å²) in [6, 6.07) is 1.87. The molecule has 0 unspecified atom stereocenters. The lowest BCUT2D eigenvalue weighted by Crippen LogP contribution is -2.34. The molecule has 1 aliphatic rings. The van der Waals surface area contributed by atoms with Gasteiger partial charge in [0.05, 0.1) is 43.4 Å². The summed E-state index contributed by atoms with van der Waals surface area (Å²) in [5, 5.41) is 0.455. The molecule has 0 aliphatic carbocycles. The van der Waals surface area contributed by atoms with Crippen LogP contribution in [0, 0.1) is 12.7 Å². The van der Waals surface area contributed by atoms with Crippen LogP contribution < -0.4 is 5.69 Å². The Morgan fingerprint density at radius 2 is 2.14 bits per heavy atom. The molecule has 1 aliphatic heterocycles. The Morgan fingerprint density at radius 1 is 1.29 bits per heavy atom. The van der Waals surface area contributed by atoms with E-state index in [-0.39, 0.29) is 17.6 Å². The third-order valence-electron chi connectivity index (χ3n) is 5.12. The van der Waals surface area contributed by atoms with Gasteiger partial charge in [0.15, 0.2) is 5.65 Å². The zero-order chi connectivity index (χ0) is 19.3. The van der Waals surface area contributed by atoms with Crippen LogP contribution in [0.15, 0.2) is 29.5 Å². The van der Waals surface area contributed by atoms with E-state index in [9.17, 15) is 9.18 Å². The number of hydrogen-bond acceptors (Lipinski definition) is 5. The van der Waals surface area contributed by atoms with Crippen molar-refractivity contribution in [3.05, 3.63) is 46.5 Å². The molecule has 1 atom stereocenters. The van der Waals surface area contributed by atoms with Crippen molar-refractivity contribution in [1.29, 1.82) is 0 Å². The van der Waals surface area contributed by atoms with Crippen molar-refractivity contribution in [2.75, 3.05) is 19.8 Å². The molecule has 0 bridgehead atoms. The highest BCUT2D eigenvalue weighted by Crippen LogP contribution is 2.30. The number of fused-ring (bicyclic) bond motifs is 2. The van der Waals surface area contributed by atoms with Crippen LogP contribution in [0.5, 0.6) is 0 Å². The first-order valence-electron chi connectivity index (χ1n) is 9.02. The number of ether oxygens (including phenoxy) is 2. The summed E-state index contributed by atoms with van der Waals surface area (Å²) in [7, 11) is 0. The normalized spacial score (nSPS) is 17.6. The number of aryl methyl sites for hydroxylation is 1. The highest BCUT2D eigenvalue weighted by molar-refractivity contribution is 5.88. The molecule has 4 aromatic rings. The van der Waals surface area contributed by atoms with Crippen LogP contribution in [0.25, 0.3) is 33.3 Å². The van der Waals surface area contributed by atoms with E-state index in [0.717, 1.165) is 16.7 Å². The van der Waals surface area contributed by atoms with E-state index in [4.69, 9.17) is 9.47 Å². The van der Waals surface area contributed by atoms with E-state index >= 15 is 0 Å². The molecule has 1 fully saturated rings. The third kappa shape index (κ3) is 2.71. The Kier molecular flexibility index (Phi) is 3.99. The molecule has 0 spiro atoms. The van der Waals surface area contributed by atoms with Crippen molar-refractivity contribution in [3.63, 3.8) is 0 Å². The van der Waals surface area contributed by atoms with Gasteiger partial charge in [-0.2, -0.15) is 0 Å². The van der Waals surface area contributed by atoms with Gasteiger partial charge in [-0.15, -0.1) is 0 Å². The summed E-state index contributed by atoms with van der Waals surface area (Å²) in [5.74, 6) is -0.344. The van der Waals surface area contributed by atoms with Gasteiger partial charge in [-0.05, 0) is 18.6 Å². The van der Waals surface area contributed by atoms with Crippen LogP contribution in [0.4, 0.5) is 4.39 Å². The second kappa shape index (κ2) is 6.54. The second-order valence-electron chi connectivity index (χ2n) is 6.86. The molecule has 4 aromatic heterocycles. The lowest BCUT2D eigenvalue weighted by atomic mass is 10.0. The van der Waals surface area contributed by atoms with E-state index in [0.29, 0.717) is 48.6 Å². The summed E-state index contributed by atoms with van der Waals surface area (Å²) in [5.41, 5.74) is 3.68. The molecule has 1 saturated heterocycles. The van der Waals surface area contributed by atoms with Gasteiger partial charge in [0, 0.05) is 29.7 Å². The molecule has 5 rings (SSSR count). The Morgan fingerprint density at radius 3 is 2.96 bits per heavy atom. The van der Waals surface area contributed by atoms with E-state index in [1.807, 2.05) is 13.0 Å². The summed E-state index contributed by atoms with van der Waals surface area (Å²) < 4.78 is 26.8. The molecule has 144 valence electrons. The zero-order valence-corrected chi connectivity index (χ0v) is 15.2. The molecular formula is C19H18FN5O3. The zero-order valence-electron chi connectivity index (χ0n) is 15.2. The van der Waals surface area contributed by atoms with Crippen molar-refractivity contribution >= 4 is 22.2 Å². The number of nitrogens with zero attached hydrogens (tertiary/aromatic N) is 3. The maximum Gasteiger partial charge on any atom is 0.327 e. The van der Waals surface area contributed by atoms with Crippen LogP contribution in [-0.4, -0.2) is 50.4 Å². The Balaban J connectivity index is 1.61. The number of hydrogen-bond donors (Lipinski definition) is 2. The van der Waals surface area contributed by atoms with Crippen LogP contribution in [0.2, 0.25) is 0 Å². The fourth-order valence-electron chi connectivity index (χ4n) is 3.71. The van der Waals surface area contributed by atoms with Gasteiger partial charge < -0.3 is 14.5 Å². The smallest absolute Gasteiger partial charge is 0.327 e. The number of halogens is 1. The molecule has 5 heterocycles. The van der Waals surface area contributed by atoms with Crippen molar-refractivity contribution in [1.82, 2.24) is 24.5 Å². The predicted octanol–water partition coefficient (Wildman–Crippen LogP) is 2.13. The molecule has 9 heteroatoms. The van der Waals surface area contributed by atoms with Gasteiger partial charge in [0.25, 0.3) is 0 Å². The van der Waals surface area contributed by atoms with Crippen LogP contribution in [0.1, 0.15) is 5.56 Å². The number of aromatic nitrogens is 5. The van der Waals surface area contributed by atoms with E-state index in [2.05, 4.69) is 19.9 Å². The van der Waals surface area contributed by atoms with Crippen molar-refractivity contribution in [2.24, 2.45) is 0 Å². The lowest BCUT2D eigenvalue weighted by molar-refractivity contribution is -0.0934. The number of imidazole rings is 1. The summed E-state index contributed by atoms with van der Waals surface area (Å²) in [6.45, 7) is 3.73. The molecule has 0 amide bonds. The lowest BCUT2D eigenvalue weighted by Gasteiger charge is -2.23. The van der Waals surface area contributed by atoms with Gasteiger partial charge in [-0.3, -0.25) is 9.55 Å². The molecule has 2 N–H and O–H groups in total. The van der Waals surface area contributed by atoms with Crippen LogP contribution in [-0.2, 0) is 16.0 Å². The number of H-pyrrole nitrogens is 2. The van der Waals surface area contributed by atoms with E-state index < -0.39 is 0 Å². The predicted molar refractivity (Wildman–Crippen MR) is 101 cm³/mol. The first-order valence-corrected chi connectivity index (χ1v) is 9.02. The van der Waals surface area contributed by atoms with Gasteiger partial charge in [-0.25, -0.2) is 19.2 Å². The van der Waals surface area contributed by atoms with E-state index in [1.165, 1.54) is 6.20 Å². The minimum absolute atomic E-state index is 0.192. The third-order valence-corrected chi connectivity index (χ3v) is 5.12. The standard InChI is InChI=1S/C19H18FN5O3/c1-10-13(6-22-18-16(10)14(20)7-23-18)11-4-15-17(21-5-11)24-19(26)25(15)8-12-9-27-2-3-28-12/h4-7,12H,2-3,8-9H2,1H3,(H,22,23)(H,21,24,26)/t12-/m0/s1. The van der Waals surface area contributed by atoms with Crippen molar-refractivity contribution in [2.45, 2.75) is 19.6 Å². The number of rotatable bonds is 3. The van der Waals surface area contributed by atoms with Crippen LogP contribution >= 0.6 is 0 Å². The van der Waals surface area contributed by atoms with Gasteiger partial charge in [0.2, 0.25) is 0 Å². The van der Waals surface area contributed by atoms with Crippen LogP contribution in [0.3, 0.4) is 0 Å². The van der Waals surface area contributed by atoms with Crippen molar-refractivity contribution in [3.8, 4) is 11.1 Å². The molecule has 8 nitrogen and oxygen atoms in total. The SMILES string of the molecule is Cc1c(-c2cnc3[nH]c(=O)n(C[C@H]4COCCO4)c3c2)cnc2[nH]cc(F)c12. The minimum atomic E-state index is -0.344. The largest absolute Gasteiger partial charge is 0.376 e. The molecule has 0 radical (unpaired) electrons. The first kappa shape index (κ1) is 17.1. The minimum Gasteiger partial charge on any atom is -0.376 e. The van der Waals surface area contributed by atoms with Gasteiger partial charge >= 0.3 is 5.69 Å². The number of aromatic amines is 2. The number of nitrogens with one attached hydrogen (secondary N) is 2. The quantitative estimate of drug-likeness (QED) is 0.565. The fraction of sp³-hybridized carbons (Fsp3) is 0.316. The molecule has 28 heavy (non-hydrogen) atoms. The van der Waals surface area contributed by atoms with Crippen molar-refractivity contribution < 1.29 is 13.9 Å². The molecule has 0 aromatic carbocycles. The Hall–Kier alpha value is -3.04. The first-order chi connectivity index (χ1) is 13.6. The van der Waals surface area contributed by atoms with E-state index in [1.54, 1.807) is 17.0 Å². The maximum atomic E-state index is 14.1.